The van der Waals surface area contributed by atoms with Crippen molar-refractivity contribution in [1.29, 1.82) is 0 Å². The largest absolute Gasteiger partial charge is 0.462 e. The molecule has 0 aliphatic heterocycles. The smallest absolute Gasteiger partial charge is 0.302 e. The van der Waals surface area contributed by atoms with E-state index in [2.05, 4.69) is 19.9 Å². The molecular weight excluding hydrogens is 350 g/mol. The predicted octanol–water partition coefficient (Wildman–Crippen LogP) is 4.62. The van der Waals surface area contributed by atoms with Crippen LogP contribution in [0.3, 0.4) is 0 Å². The van der Waals surface area contributed by atoms with Crippen molar-refractivity contribution in [1.82, 2.24) is 0 Å². The second-order valence-corrected chi connectivity index (χ2v) is 10.7. The zero-order chi connectivity index (χ0) is 20.3. The topological polar surface area (TPSA) is 69.4 Å². The first-order valence-corrected chi connectivity index (χ1v) is 11.3. The van der Waals surface area contributed by atoms with Gasteiger partial charge in [-0.25, -0.2) is 0 Å². The summed E-state index contributed by atoms with van der Waals surface area (Å²) in [4.78, 5) is 23.3. The molecule has 3 fully saturated rings. The maximum atomic E-state index is 11.9. The normalized spacial score (nSPS) is 45.9. The lowest BCUT2D eigenvalue weighted by atomic mass is 9.47. The molecule has 8 atom stereocenters. The second-order valence-electron chi connectivity index (χ2n) is 10.7. The number of ether oxygens (including phenoxy) is 1. The summed E-state index contributed by atoms with van der Waals surface area (Å²) >= 11 is 0. The van der Waals surface area contributed by atoms with E-state index in [4.69, 9.17) is 10.5 Å². The van der Waals surface area contributed by atoms with Gasteiger partial charge in [0.25, 0.3) is 0 Å². The van der Waals surface area contributed by atoms with E-state index in [0.717, 1.165) is 43.9 Å². The molecule has 4 rings (SSSR count). The van der Waals surface area contributed by atoms with Crippen LogP contribution in [-0.4, -0.2) is 18.0 Å². The van der Waals surface area contributed by atoms with Gasteiger partial charge in [0.2, 0.25) is 5.91 Å². The van der Waals surface area contributed by atoms with E-state index in [0.29, 0.717) is 11.8 Å². The van der Waals surface area contributed by atoms with Crippen LogP contribution in [0.25, 0.3) is 0 Å². The van der Waals surface area contributed by atoms with Gasteiger partial charge in [-0.3, -0.25) is 9.59 Å². The van der Waals surface area contributed by atoms with Crippen molar-refractivity contribution in [2.45, 2.75) is 85.2 Å². The van der Waals surface area contributed by atoms with Crippen LogP contribution in [0.4, 0.5) is 0 Å². The number of nitrogens with two attached hydrogens (primary N) is 1. The Hall–Kier alpha value is -1.32. The minimum Gasteiger partial charge on any atom is -0.462 e. The van der Waals surface area contributed by atoms with Crippen LogP contribution in [0.5, 0.6) is 0 Å². The molecular formula is C24H37NO3. The Bertz CT molecular complexity index is 700. The molecule has 0 aromatic carbocycles. The summed E-state index contributed by atoms with van der Waals surface area (Å²) in [5, 5.41) is 0. The fourth-order valence-corrected chi connectivity index (χ4v) is 8.02. The van der Waals surface area contributed by atoms with E-state index in [1.807, 2.05) is 6.92 Å². The van der Waals surface area contributed by atoms with E-state index in [1.54, 1.807) is 0 Å². The third-order valence-electron chi connectivity index (χ3n) is 9.52. The fourth-order valence-electron chi connectivity index (χ4n) is 8.02. The Morgan fingerprint density at radius 1 is 1.14 bits per heavy atom. The first kappa shape index (κ1) is 20.0. The molecule has 0 bridgehead atoms. The van der Waals surface area contributed by atoms with Crippen LogP contribution in [0.15, 0.2) is 11.6 Å². The zero-order valence-corrected chi connectivity index (χ0v) is 18.0. The van der Waals surface area contributed by atoms with E-state index in [9.17, 15) is 9.59 Å². The lowest BCUT2D eigenvalue weighted by molar-refractivity contribution is -0.148. The second kappa shape index (κ2) is 6.88. The van der Waals surface area contributed by atoms with Gasteiger partial charge in [0.15, 0.2) is 0 Å². The summed E-state index contributed by atoms with van der Waals surface area (Å²) in [7, 11) is 0. The molecule has 0 saturated heterocycles. The van der Waals surface area contributed by atoms with E-state index in [1.165, 1.54) is 31.8 Å². The van der Waals surface area contributed by atoms with E-state index in [-0.39, 0.29) is 34.7 Å². The van der Waals surface area contributed by atoms with Crippen LogP contribution in [0.2, 0.25) is 0 Å². The average Bonchev–Trinajstić information content (AvgIpc) is 2.98. The van der Waals surface area contributed by atoms with E-state index >= 15 is 0 Å². The van der Waals surface area contributed by atoms with Crippen LogP contribution in [-0.2, 0) is 14.3 Å². The predicted molar refractivity (Wildman–Crippen MR) is 109 cm³/mol. The third kappa shape index (κ3) is 2.93. The number of amides is 1. The molecule has 4 aliphatic carbocycles. The lowest BCUT2D eigenvalue weighted by Crippen LogP contribution is -2.51. The van der Waals surface area contributed by atoms with Crippen LogP contribution < -0.4 is 5.73 Å². The van der Waals surface area contributed by atoms with Crippen molar-refractivity contribution in [3.63, 3.8) is 0 Å². The summed E-state index contributed by atoms with van der Waals surface area (Å²) in [5.41, 5.74) is 7.75. The Balaban J connectivity index is 1.57. The fraction of sp³-hybridized carbons (Fsp3) is 0.833. The Kier molecular flexibility index (Phi) is 4.91. The van der Waals surface area contributed by atoms with Crippen molar-refractivity contribution in [2.24, 2.45) is 46.2 Å². The lowest BCUT2D eigenvalue weighted by Gasteiger charge is -2.58. The standard InChI is InChI=1S/C24H37NO3/c1-14(22(25)27)19-7-8-20-18-6-5-16-13-17(28-15(2)26)9-11-23(16,3)21(18)10-12-24(19,20)4/h5,14,17-21H,6-13H2,1-4H3,(H2,25,27). The van der Waals surface area contributed by atoms with Crippen molar-refractivity contribution >= 4 is 11.9 Å². The van der Waals surface area contributed by atoms with E-state index < -0.39 is 0 Å². The highest BCUT2D eigenvalue weighted by Gasteiger charge is 2.59. The summed E-state index contributed by atoms with van der Waals surface area (Å²) in [5.74, 6) is 2.30. The number of esters is 1. The van der Waals surface area contributed by atoms with Gasteiger partial charge in [-0.2, -0.15) is 0 Å². The molecule has 28 heavy (non-hydrogen) atoms. The zero-order valence-electron chi connectivity index (χ0n) is 18.0. The molecule has 0 aromatic rings. The Labute approximate surface area is 169 Å². The van der Waals surface area contributed by atoms with Gasteiger partial charge >= 0.3 is 5.97 Å². The molecule has 8 unspecified atom stereocenters. The highest BCUT2D eigenvalue weighted by molar-refractivity contribution is 5.76. The Morgan fingerprint density at radius 3 is 2.57 bits per heavy atom. The minimum absolute atomic E-state index is 0.0176. The van der Waals surface area contributed by atoms with Gasteiger partial charge in [-0.15, -0.1) is 0 Å². The minimum atomic E-state index is -0.156. The summed E-state index contributed by atoms with van der Waals surface area (Å²) in [6.07, 6.45) is 11.6. The van der Waals surface area contributed by atoms with Crippen LogP contribution >= 0.6 is 0 Å². The van der Waals surface area contributed by atoms with Crippen molar-refractivity contribution in [3.8, 4) is 0 Å². The molecule has 4 aliphatic rings. The molecule has 156 valence electrons. The monoisotopic (exact) mass is 387 g/mol. The first-order valence-electron chi connectivity index (χ1n) is 11.3. The van der Waals surface area contributed by atoms with Crippen LogP contribution in [0, 0.1) is 40.4 Å². The maximum absolute atomic E-state index is 11.9. The quantitative estimate of drug-likeness (QED) is 0.567. The molecule has 1 amide bonds. The molecule has 3 saturated carbocycles. The number of fused-ring (bicyclic) bond motifs is 5. The van der Waals surface area contributed by atoms with Crippen molar-refractivity contribution in [3.05, 3.63) is 11.6 Å². The first-order chi connectivity index (χ1) is 13.2. The number of carbonyl (C=O) groups excluding carboxylic acids is 2. The summed E-state index contributed by atoms with van der Waals surface area (Å²) in [6.45, 7) is 8.48. The van der Waals surface area contributed by atoms with Crippen molar-refractivity contribution in [2.75, 3.05) is 0 Å². The molecule has 0 heterocycles. The number of primary amides is 1. The number of allylic oxidation sites excluding steroid dienone is 1. The average molecular weight is 388 g/mol. The molecule has 2 N–H and O–H groups in total. The van der Waals surface area contributed by atoms with Gasteiger partial charge in [-0.05, 0) is 79.4 Å². The van der Waals surface area contributed by atoms with Crippen molar-refractivity contribution < 1.29 is 14.3 Å². The SMILES string of the molecule is CC(=O)OC1CCC2(C)C(=CCC3C2CCC2(C)C(C(C)C(N)=O)CCC32)C1. The summed E-state index contributed by atoms with van der Waals surface area (Å²) < 4.78 is 5.55. The summed E-state index contributed by atoms with van der Waals surface area (Å²) in [6, 6.07) is 0. The van der Waals surface area contributed by atoms with Gasteiger partial charge in [0, 0.05) is 19.3 Å². The van der Waals surface area contributed by atoms with Gasteiger partial charge in [-0.1, -0.05) is 32.4 Å². The molecule has 0 spiro atoms. The van der Waals surface area contributed by atoms with Gasteiger partial charge < -0.3 is 10.5 Å². The number of carbonyl (C=O) groups is 2. The molecule has 0 radical (unpaired) electrons. The highest BCUT2D eigenvalue weighted by Crippen LogP contribution is 2.67. The highest BCUT2D eigenvalue weighted by atomic mass is 16.5. The number of rotatable bonds is 3. The Morgan fingerprint density at radius 2 is 1.89 bits per heavy atom. The maximum Gasteiger partial charge on any atom is 0.302 e. The van der Waals surface area contributed by atoms with Gasteiger partial charge in [0.05, 0.1) is 0 Å². The molecule has 0 aromatic heterocycles. The molecule has 4 heteroatoms. The van der Waals surface area contributed by atoms with Gasteiger partial charge in [0.1, 0.15) is 6.10 Å². The van der Waals surface area contributed by atoms with Crippen LogP contribution in [0.1, 0.15) is 79.1 Å². The third-order valence-corrected chi connectivity index (χ3v) is 9.52. The molecule has 4 nitrogen and oxygen atoms in total. The number of hydrogen-bond acceptors (Lipinski definition) is 3. The number of hydrogen-bond donors (Lipinski definition) is 1.